The SMILES string of the molecule is NC(=O)c1nn(-c2ncccc2F)cc1N. The van der Waals surface area contributed by atoms with Gasteiger partial charge in [-0.25, -0.2) is 14.1 Å². The Hall–Kier alpha value is -2.44. The third kappa shape index (κ3) is 1.58. The van der Waals surface area contributed by atoms with Crippen LogP contribution < -0.4 is 11.5 Å². The van der Waals surface area contributed by atoms with Gasteiger partial charge in [0, 0.05) is 6.20 Å². The summed E-state index contributed by atoms with van der Waals surface area (Å²) in [6.07, 6.45) is 2.69. The van der Waals surface area contributed by atoms with Crippen LogP contribution in [0.1, 0.15) is 10.5 Å². The van der Waals surface area contributed by atoms with Crippen molar-refractivity contribution in [3.63, 3.8) is 0 Å². The van der Waals surface area contributed by atoms with E-state index < -0.39 is 11.7 Å². The maximum Gasteiger partial charge on any atom is 0.271 e. The molecule has 2 rings (SSSR count). The molecule has 0 spiro atoms. The molecule has 7 heteroatoms. The number of nitrogens with zero attached hydrogens (tertiary/aromatic N) is 3. The van der Waals surface area contributed by atoms with Crippen LogP contribution in [0.4, 0.5) is 10.1 Å². The predicted molar refractivity (Wildman–Crippen MR) is 54.2 cm³/mol. The largest absolute Gasteiger partial charge is 0.396 e. The molecule has 2 aromatic heterocycles. The van der Waals surface area contributed by atoms with Gasteiger partial charge < -0.3 is 11.5 Å². The van der Waals surface area contributed by atoms with Crippen LogP contribution >= 0.6 is 0 Å². The molecule has 0 saturated heterocycles. The average molecular weight is 221 g/mol. The first-order valence-corrected chi connectivity index (χ1v) is 4.35. The zero-order valence-electron chi connectivity index (χ0n) is 8.09. The first-order chi connectivity index (χ1) is 7.59. The monoisotopic (exact) mass is 221 g/mol. The van der Waals surface area contributed by atoms with Gasteiger partial charge in [-0.05, 0) is 12.1 Å². The quantitative estimate of drug-likeness (QED) is 0.750. The normalized spacial score (nSPS) is 10.3. The molecule has 0 saturated carbocycles. The van der Waals surface area contributed by atoms with E-state index in [0.717, 1.165) is 4.68 Å². The van der Waals surface area contributed by atoms with Crippen LogP contribution in [0.3, 0.4) is 0 Å². The molecule has 0 unspecified atom stereocenters. The number of nitrogen functional groups attached to an aromatic ring is 1. The summed E-state index contributed by atoms with van der Waals surface area (Å²) in [5, 5.41) is 3.76. The molecule has 0 bridgehead atoms. The molecule has 0 aliphatic rings. The van der Waals surface area contributed by atoms with Gasteiger partial charge >= 0.3 is 0 Å². The highest BCUT2D eigenvalue weighted by molar-refractivity contribution is 5.95. The minimum atomic E-state index is -0.771. The number of nitrogens with two attached hydrogens (primary N) is 2. The number of halogens is 1. The third-order valence-corrected chi connectivity index (χ3v) is 1.93. The van der Waals surface area contributed by atoms with Gasteiger partial charge in [0.15, 0.2) is 17.3 Å². The Morgan fingerprint density at radius 1 is 1.50 bits per heavy atom. The van der Waals surface area contributed by atoms with Gasteiger partial charge in [-0.2, -0.15) is 5.10 Å². The van der Waals surface area contributed by atoms with Crippen LogP contribution in [-0.2, 0) is 0 Å². The van der Waals surface area contributed by atoms with Gasteiger partial charge in [0.05, 0.1) is 11.9 Å². The highest BCUT2D eigenvalue weighted by atomic mass is 19.1. The number of amides is 1. The van der Waals surface area contributed by atoms with Crippen molar-refractivity contribution in [3.05, 3.63) is 36.0 Å². The van der Waals surface area contributed by atoms with E-state index in [2.05, 4.69) is 10.1 Å². The molecule has 1 amide bonds. The van der Waals surface area contributed by atoms with Crippen molar-refractivity contribution in [2.45, 2.75) is 0 Å². The van der Waals surface area contributed by atoms with Gasteiger partial charge in [0.2, 0.25) is 0 Å². The highest BCUT2D eigenvalue weighted by Crippen LogP contribution is 2.14. The third-order valence-electron chi connectivity index (χ3n) is 1.93. The van der Waals surface area contributed by atoms with Crippen LogP contribution in [0, 0.1) is 5.82 Å². The number of hydrogen-bond donors (Lipinski definition) is 2. The van der Waals surface area contributed by atoms with Crippen molar-refractivity contribution < 1.29 is 9.18 Å². The lowest BCUT2D eigenvalue weighted by atomic mass is 10.4. The summed E-state index contributed by atoms with van der Waals surface area (Å²) >= 11 is 0. The van der Waals surface area contributed by atoms with Crippen molar-refractivity contribution in [1.82, 2.24) is 14.8 Å². The zero-order valence-corrected chi connectivity index (χ0v) is 8.09. The van der Waals surface area contributed by atoms with Crippen LogP contribution in [0.2, 0.25) is 0 Å². The van der Waals surface area contributed by atoms with E-state index in [-0.39, 0.29) is 17.2 Å². The molecule has 0 aliphatic heterocycles. The van der Waals surface area contributed by atoms with E-state index in [0.29, 0.717) is 0 Å². The summed E-state index contributed by atoms with van der Waals surface area (Å²) in [4.78, 5) is 14.7. The second kappa shape index (κ2) is 3.61. The lowest BCUT2D eigenvalue weighted by Gasteiger charge is -1.99. The average Bonchev–Trinajstić information content (AvgIpc) is 2.61. The van der Waals surface area contributed by atoms with E-state index in [9.17, 15) is 9.18 Å². The maximum atomic E-state index is 13.3. The van der Waals surface area contributed by atoms with Crippen molar-refractivity contribution in [2.75, 3.05) is 5.73 Å². The van der Waals surface area contributed by atoms with Crippen LogP contribution in [-0.4, -0.2) is 20.7 Å². The van der Waals surface area contributed by atoms with Gasteiger partial charge in [-0.3, -0.25) is 4.79 Å². The molecule has 6 nitrogen and oxygen atoms in total. The van der Waals surface area contributed by atoms with Gasteiger partial charge in [-0.15, -0.1) is 0 Å². The first kappa shape index (κ1) is 10.1. The molecule has 0 radical (unpaired) electrons. The molecule has 0 atom stereocenters. The fourth-order valence-electron chi connectivity index (χ4n) is 1.23. The minimum absolute atomic E-state index is 0.0401. The molecular formula is C9H8FN5O. The molecule has 82 valence electrons. The lowest BCUT2D eigenvalue weighted by Crippen LogP contribution is -2.14. The first-order valence-electron chi connectivity index (χ1n) is 4.35. The Balaban J connectivity index is 2.54. The van der Waals surface area contributed by atoms with Crippen LogP contribution in [0.5, 0.6) is 0 Å². The number of aromatic nitrogens is 3. The summed E-state index contributed by atoms with van der Waals surface area (Å²) in [5.41, 5.74) is 10.5. The number of rotatable bonds is 2. The molecule has 16 heavy (non-hydrogen) atoms. The molecule has 4 N–H and O–H groups in total. The Morgan fingerprint density at radius 2 is 2.25 bits per heavy atom. The number of carbonyl (C=O) groups is 1. The maximum absolute atomic E-state index is 13.3. The summed E-state index contributed by atoms with van der Waals surface area (Å²) in [5.74, 6) is -1.38. The zero-order chi connectivity index (χ0) is 11.7. The van der Waals surface area contributed by atoms with Gasteiger partial charge in [0.25, 0.3) is 5.91 Å². The standard InChI is InChI=1S/C9H8FN5O/c10-5-2-1-3-13-9(5)15-4-6(11)7(14-15)8(12)16/h1-4H,11H2,(H2,12,16). The van der Waals surface area contributed by atoms with Crippen molar-refractivity contribution >= 4 is 11.6 Å². The molecule has 2 heterocycles. The number of hydrogen-bond acceptors (Lipinski definition) is 4. The number of pyridine rings is 1. The topological polar surface area (TPSA) is 99.8 Å². The fraction of sp³-hybridized carbons (Fsp3) is 0. The van der Waals surface area contributed by atoms with Gasteiger partial charge in [-0.1, -0.05) is 0 Å². The number of primary amides is 1. The summed E-state index contributed by atoms with van der Waals surface area (Å²) < 4.78 is 14.4. The second-order valence-corrected chi connectivity index (χ2v) is 3.05. The molecule has 2 aromatic rings. The van der Waals surface area contributed by atoms with Crippen molar-refractivity contribution in [3.8, 4) is 5.82 Å². The van der Waals surface area contributed by atoms with E-state index >= 15 is 0 Å². The smallest absolute Gasteiger partial charge is 0.271 e. The van der Waals surface area contributed by atoms with E-state index in [1.807, 2.05) is 0 Å². The Morgan fingerprint density at radius 3 is 2.81 bits per heavy atom. The summed E-state index contributed by atoms with van der Waals surface area (Å²) in [6, 6.07) is 2.67. The minimum Gasteiger partial charge on any atom is -0.396 e. The molecule has 0 fully saturated rings. The van der Waals surface area contributed by atoms with E-state index in [1.54, 1.807) is 0 Å². The Kier molecular flexibility index (Phi) is 2.28. The van der Waals surface area contributed by atoms with Crippen LogP contribution in [0.15, 0.2) is 24.5 Å². The number of carbonyl (C=O) groups excluding carboxylic acids is 1. The second-order valence-electron chi connectivity index (χ2n) is 3.05. The number of anilines is 1. The van der Waals surface area contributed by atoms with Crippen molar-refractivity contribution in [1.29, 1.82) is 0 Å². The van der Waals surface area contributed by atoms with Crippen molar-refractivity contribution in [2.24, 2.45) is 5.73 Å². The molecular weight excluding hydrogens is 213 g/mol. The summed E-state index contributed by atoms with van der Waals surface area (Å²) in [6.45, 7) is 0. The van der Waals surface area contributed by atoms with Gasteiger partial charge in [0.1, 0.15) is 0 Å². The highest BCUT2D eigenvalue weighted by Gasteiger charge is 2.14. The fourth-order valence-corrected chi connectivity index (χ4v) is 1.23. The lowest BCUT2D eigenvalue weighted by molar-refractivity contribution is 0.0996. The van der Waals surface area contributed by atoms with E-state index in [4.69, 9.17) is 11.5 Å². The Bertz CT molecular complexity index is 551. The Labute approximate surface area is 89.7 Å². The van der Waals surface area contributed by atoms with E-state index in [1.165, 1.54) is 24.5 Å². The predicted octanol–water partition coefficient (Wildman–Crippen LogP) is 0.0875. The van der Waals surface area contributed by atoms with Crippen LogP contribution in [0.25, 0.3) is 5.82 Å². The molecule has 0 aromatic carbocycles. The molecule has 0 aliphatic carbocycles. The summed E-state index contributed by atoms with van der Waals surface area (Å²) in [7, 11) is 0.